The number of aryl methyl sites for hydroxylation is 1. The van der Waals surface area contributed by atoms with Crippen LogP contribution in [0.3, 0.4) is 0 Å². The maximum atomic E-state index is 14.5. The molecule has 0 aliphatic carbocycles. The Bertz CT molecular complexity index is 1920. The van der Waals surface area contributed by atoms with Gasteiger partial charge >= 0.3 is 0 Å². The van der Waals surface area contributed by atoms with E-state index in [1.54, 1.807) is 12.1 Å². The van der Waals surface area contributed by atoms with Crippen molar-refractivity contribution in [3.05, 3.63) is 71.8 Å². The van der Waals surface area contributed by atoms with Crippen LogP contribution in [0.2, 0.25) is 0 Å². The van der Waals surface area contributed by atoms with Crippen LogP contribution in [0.15, 0.2) is 60.7 Å². The van der Waals surface area contributed by atoms with E-state index >= 15 is 0 Å². The van der Waals surface area contributed by atoms with Gasteiger partial charge in [-0.05, 0) is 68.4 Å². The third-order valence-electron chi connectivity index (χ3n) is 12.4. The van der Waals surface area contributed by atoms with Gasteiger partial charge in [-0.3, -0.25) is 38.4 Å². The highest BCUT2D eigenvalue weighted by atomic mass is 16.3. The minimum absolute atomic E-state index is 0.0830. The van der Waals surface area contributed by atoms with Crippen molar-refractivity contribution in [2.75, 3.05) is 19.6 Å². The molecule has 2 aromatic rings. The number of primary amides is 1. The number of fused-ring (bicyclic) bond motifs is 2. The number of amides is 8. The Kier molecular flexibility index (Phi) is 18.0. The fraction of sp³-hybridized carbons (Fsp3) is 0.565. The van der Waals surface area contributed by atoms with Gasteiger partial charge in [0.1, 0.15) is 30.2 Å². The van der Waals surface area contributed by atoms with Crippen LogP contribution in [0.4, 0.5) is 0 Å². The van der Waals surface area contributed by atoms with Gasteiger partial charge in [-0.15, -0.1) is 0 Å². The number of unbranched alkanes of at least 4 members (excludes halogenated alkanes) is 2. The molecule has 342 valence electrons. The van der Waals surface area contributed by atoms with Crippen LogP contribution < -0.4 is 32.3 Å². The van der Waals surface area contributed by atoms with E-state index in [-0.39, 0.29) is 44.7 Å². The molecule has 2 aromatic carbocycles. The molecule has 63 heavy (non-hydrogen) atoms. The molecule has 0 aromatic heterocycles. The summed E-state index contributed by atoms with van der Waals surface area (Å²) in [6, 6.07) is 12.3. The highest BCUT2D eigenvalue weighted by Gasteiger charge is 2.42. The molecule has 3 heterocycles. The van der Waals surface area contributed by atoms with Gasteiger partial charge in [0.25, 0.3) is 5.91 Å². The van der Waals surface area contributed by atoms with Crippen molar-refractivity contribution in [2.45, 2.75) is 140 Å². The summed E-state index contributed by atoms with van der Waals surface area (Å²) in [4.78, 5) is 113. The number of hydrogen-bond donors (Lipinski definition) is 7. The highest BCUT2D eigenvalue weighted by Crippen LogP contribution is 2.24. The summed E-state index contributed by atoms with van der Waals surface area (Å²) in [5.74, 6) is -5.80. The van der Waals surface area contributed by atoms with Crippen LogP contribution in [0.5, 0.6) is 0 Å². The zero-order valence-electron chi connectivity index (χ0n) is 36.4. The molecule has 0 radical (unpaired) electrons. The molecule has 8 N–H and O–H groups in total. The van der Waals surface area contributed by atoms with Crippen LogP contribution in [-0.2, 0) is 51.2 Å². The van der Waals surface area contributed by atoms with Crippen LogP contribution >= 0.6 is 0 Å². The number of carbonyl (C=O) groups is 8. The third kappa shape index (κ3) is 13.6. The number of nitrogens with two attached hydrogens (primary N) is 1. The topological polar surface area (TPSA) is 249 Å². The summed E-state index contributed by atoms with van der Waals surface area (Å²) in [6.45, 7) is 3.58. The highest BCUT2D eigenvalue weighted by molar-refractivity contribution is 5.97. The minimum atomic E-state index is -1.85. The van der Waals surface area contributed by atoms with Crippen molar-refractivity contribution in [3.63, 3.8) is 0 Å². The van der Waals surface area contributed by atoms with Crippen molar-refractivity contribution in [1.82, 2.24) is 36.4 Å². The van der Waals surface area contributed by atoms with Crippen LogP contribution in [0, 0.1) is 5.92 Å². The molecule has 0 saturated carbocycles. The molecule has 17 nitrogen and oxygen atoms in total. The van der Waals surface area contributed by atoms with Crippen molar-refractivity contribution >= 4 is 47.3 Å². The van der Waals surface area contributed by atoms with Gasteiger partial charge in [-0.25, -0.2) is 0 Å². The summed E-state index contributed by atoms with van der Waals surface area (Å²) in [7, 11) is 0. The van der Waals surface area contributed by atoms with Gasteiger partial charge in [0.2, 0.25) is 41.4 Å². The number of nitrogens with zero attached hydrogens (tertiary/aromatic N) is 2. The van der Waals surface area contributed by atoms with E-state index in [9.17, 15) is 43.5 Å². The smallest absolute Gasteiger partial charge is 0.251 e. The Hall–Kier alpha value is -5.84. The molecule has 5 rings (SSSR count). The van der Waals surface area contributed by atoms with E-state index in [0.29, 0.717) is 44.9 Å². The van der Waals surface area contributed by atoms with E-state index in [2.05, 4.69) is 26.6 Å². The first-order valence-electron chi connectivity index (χ1n) is 22.4. The van der Waals surface area contributed by atoms with Gasteiger partial charge in [0, 0.05) is 25.9 Å². The van der Waals surface area contributed by atoms with Crippen LogP contribution in [-0.4, -0.2) is 124 Å². The molecule has 3 aliphatic rings. The lowest BCUT2D eigenvalue weighted by atomic mass is 9.96. The van der Waals surface area contributed by atoms with Gasteiger partial charge in [-0.2, -0.15) is 0 Å². The first kappa shape index (κ1) is 48.2. The molecular weight excluding hydrogens is 809 g/mol. The summed E-state index contributed by atoms with van der Waals surface area (Å²) in [5.41, 5.74) is 7.30. The summed E-state index contributed by atoms with van der Waals surface area (Å²) >= 11 is 0. The van der Waals surface area contributed by atoms with E-state index in [1.807, 2.05) is 62.4 Å². The summed E-state index contributed by atoms with van der Waals surface area (Å²) in [5, 5.41) is 25.2. The Morgan fingerprint density at radius 2 is 1.32 bits per heavy atom. The monoisotopic (exact) mass is 872 g/mol. The Morgan fingerprint density at radius 3 is 1.97 bits per heavy atom. The molecule has 8 amide bonds. The maximum Gasteiger partial charge on any atom is 0.251 e. The molecule has 0 bridgehead atoms. The molecule has 17 heteroatoms. The minimum Gasteiger partial charge on any atom is -0.381 e. The van der Waals surface area contributed by atoms with Crippen molar-refractivity contribution in [3.8, 4) is 0 Å². The number of benzene rings is 2. The Balaban J connectivity index is 1.46. The van der Waals surface area contributed by atoms with Crippen molar-refractivity contribution in [2.24, 2.45) is 11.7 Å². The van der Waals surface area contributed by atoms with Gasteiger partial charge < -0.3 is 47.2 Å². The zero-order chi connectivity index (χ0) is 45.5. The van der Waals surface area contributed by atoms with E-state index in [4.69, 9.17) is 5.73 Å². The lowest BCUT2D eigenvalue weighted by Crippen LogP contribution is -2.61. The fourth-order valence-electron chi connectivity index (χ4n) is 8.57. The number of aliphatic hydroxyl groups excluding tert-OH is 1. The molecule has 3 saturated heterocycles. The lowest BCUT2D eigenvalue weighted by molar-refractivity contribution is -0.144. The first-order valence-corrected chi connectivity index (χ1v) is 22.4. The average Bonchev–Trinajstić information content (AvgIpc) is 3.99. The average molecular weight is 873 g/mol. The second kappa shape index (κ2) is 23.6. The van der Waals surface area contributed by atoms with E-state index in [0.717, 1.165) is 24.0 Å². The molecule has 3 fully saturated rings. The van der Waals surface area contributed by atoms with Gasteiger partial charge in [0.05, 0.1) is 12.6 Å². The largest absolute Gasteiger partial charge is 0.381 e. The Morgan fingerprint density at radius 1 is 0.714 bits per heavy atom. The van der Waals surface area contributed by atoms with Gasteiger partial charge in [0.15, 0.2) is 6.10 Å². The SMILES string of the molecule is CC[C@H](C)[C@H]1NC(=O)[C@@H](Cc2ccccc2)NC(=O)[C@H]2CCCN2C(=O)CNC(=O)[C@H](CCC(N)=O)NC(=O)[C@H](O)[C@H](CCCCCc2ccccc2)NC(=O)[C@H]2CCCN2C1=O. The normalized spacial score (nSPS) is 26.2. The van der Waals surface area contributed by atoms with Crippen molar-refractivity contribution in [1.29, 1.82) is 0 Å². The standard InChI is InChI=1S/C46H64N8O9/c1-3-29(2)39-46(63)54-26-14-22-36(54)44(61)49-32(20-12-6-9-17-30-15-7-4-8-16-30)40(57)45(62)50-33(23-24-37(47)55)41(58)48-28-38(56)53-25-13-21-35(53)43(60)51-34(42(59)52-39)27-31-18-10-5-11-19-31/h4-5,7-8,10-11,15-16,18-19,29,32-36,39-40,57H,3,6,9,12-14,17,20-28H2,1-2H3,(H2,47,55)(H,48,58)(H,49,61)(H,50,62)(H,51,60)(H,52,59)/t29-,32-,33-,34+,35+,36+,39+,40+/m0/s1. The van der Waals surface area contributed by atoms with Crippen LogP contribution in [0.1, 0.15) is 95.6 Å². The predicted octanol–water partition coefficient (Wildman–Crippen LogP) is 0.756. The first-order chi connectivity index (χ1) is 30.3. The predicted molar refractivity (Wildman–Crippen MR) is 233 cm³/mol. The number of carbonyl (C=O) groups excluding carboxylic acids is 8. The molecule has 0 unspecified atom stereocenters. The second-order valence-electron chi connectivity index (χ2n) is 17.0. The third-order valence-corrected chi connectivity index (χ3v) is 12.4. The lowest BCUT2D eigenvalue weighted by Gasteiger charge is -2.34. The fourth-order valence-corrected chi connectivity index (χ4v) is 8.57. The summed E-state index contributed by atoms with van der Waals surface area (Å²) < 4.78 is 0. The zero-order valence-corrected chi connectivity index (χ0v) is 36.4. The van der Waals surface area contributed by atoms with E-state index in [1.165, 1.54) is 9.80 Å². The molecule has 3 aliphatic heterocycles. The number of rotatable bonds is 13. The Labute approximate surface area is 369 Å². The maximum absolute atomic E-state index is 14.5. The number of aliphatic hydroxyl groups is 1. The summed E-state index contributed by atoms with van der Waals surface area (Å²) in [6.07, 6.45) is 2.75. The quantitative estimate of drug-likeness (QED) is 0.140. The van der Waals surface area contributed by atoms with Crippen LogP contribution in [0.25, 0.3) is 0 Å². The number of nitrogens with one attached hydrogen (secondary N) is 5. The molecular formula is C46H64N8O9. The number of hydrogen-bond acceptors (Lipinski definition) is 9. The van der Waals surface area contributed by atoms with Crippen molar-refractivity contribution < 1.29 is 43.5 Å². The second-order valence-corrected chi connectivity index (χ2v) is 17.0. The molecule has 0 spiro atoms. The van der Waals surface area contributed by atoms with Gasteiger partial charge in [-0.1, -0.05) is 93.8 Å². The van der Waals surface area contributed by atoms with E-state index < -0.39 is 96.2 Å². The molecule has 8 atom stereocenters.